The third-order valence-electron chi connectivity index (χ3n) is 5.53. The first-order valence-electron chi connectivity index (χ1n) is 10.3. The number of aromatic nitrogens is 1. The number of terminal acetylenes is 1. The lowest BCUT2D eigenvalue weighted by molar-refractivity contribution is -0.124. The van der Waals surface area contributed by atoms with Crippen LogP contribution in [0.2, 0.25) is 0 Å². The van der Waals surface area contributed by atoms with Gasteiger partial charge in [-0.15, -0.1) is 17.8 Å². The summed E-state index contributed by atoms with van der Waals surface area (Å²) in [7, 11) is 1.79. The number of anilines is 2. The van der Waals surface area contributed by atoms with E-state index >= 15 is 0 Å². The third kappa shape index (κ3) is 5.47. The zero-order valence-corrected chi connectivity index (χ0v) is 18.3. The molecule has 0 aliphatic heterocycles. The molecule has 2 aromatic rings. The first kappa shape index (κ1) is 22.0. The molecule has 0 bridgehead atoms. The summed E-state index contributed by atoms with van der Waals surface area (Å²) in [6.45, 7) is 1.95. The van der Waals surface area contributed by atoms with Crippen LogP contribution in [0.15, 0.2) is 35.8 Å². The molecule has 1 atom stereocenters. The van der Waals surface area contributed by atoms with Gasteiger partial charge in [-0.3, -0.25) is 19.4 Å². The van der Waals surface area contributed by atoms with Gasteiger partial charge < -0.3 is 5.32 Å². The standard InChI is InChI=1S/C23H28N4O2S/c1-4-18-9-8-10-19(15-18)25-21(28)16-26(3)17(2)22(29)27(23-24-13-14-30-23)20-11-6-5-7-12-20/h1,8-10,13-15,17,20H,5-7,11-12,16H2,2-3H3,(H,25,28). The summed E-state index contributed by atoms with van der Waals surface area (Å²) in [6, 6.07) is 6.88. The highest BCUT2D eigenvalue weighted by atomic mass is 32.1. The highest BCUT2D eigenvalue weighted by molar-refractivity contribution is 7.13. The van der Waals surface area contributed by atoms with Gasteiger partial charge in [-0.1, -0.05) is 31.2 Å². The molecule has 1 heterocycles. The number of likely N-dealkylation sites (N-methyl/N-ethyl adjacent to an activating group) is 1. The van der Waals surface area contributed by atoms with E-state index in [0.717, 1.165) is 30.8 Å². The largest absolute Gasteiger partial charge is 0.325 e. The fraction of sp³-hybridized carbons (Fsp3) is 0.435. The predicted octanol–water partition coefficient (Wildman–Crippen LogP) is 3.75. The summed E-state index contributed by atoms with van der Waals surface area (Å²) in [6.07, 6.45) is 12.6. The van der Waals surface area contributed by atoms with E-state index in [1.807, 2.05) is 17.2 Å². The summed E-state index contributed by atoms with van der Waals surface area (Å²) < 4.78 is 0. The molecule has 1 saturated carbocycles. The Morgan fingerprint density at radius 3 is 2.77 bits per heavy atom. The van der Waals surface area contributed by atoms with E-state index < -0.39 is 6.04 Å². The van der Waals surface area contributed by atoms with Crippen LogP contribution in [-0.2, 0) is 9.59 Å². The number of nitrogens with zero attached hydrogens (tertiary/aromatic N) is 3. The summed E-state index contributed by atoms with van der Waals surface area (Å²) in [4.78, 5) is 33.9. The van der Waals surface area contributed by atoms with Crippen LogP contribution >= 0.6 is 11.3 Å². The minimum absolute atomic E-state index is 0.0125. The first-order chi connectivity index (χ1) is 14.5. The van der Waals surface area contributed by atoms with Gasteiger partial charge >= 0.3 is 0 Å². The highest BCUT2D eigenvalue weighted by Crippen LogP contribution is 2.29. The molecule has 0 radical (unpaired) electrons. The van der Waals surface area contributed by atoms with E-state index in [-0.39, 0.29) is 24.4 Å². The minimum Gasteiger partial charge on any atom is -0.325 e. The van der Waals surface area contributed by atoms with Crippen molar-refractivity contribution in [3.05, 3.63) is 41.4 Å². The number of benzene rings is 1. The highest BCUT2D eigenvalue weighted by Gasteiger charge is 2.33. The number of carbonyl (C=O) groups is 2. The van der Waals surface area contributed by atoms with Gasteiger partial charge in [0.15, 0.2) is 5.13 Å². The van der Waals surface area contributed by atoms with Crippen LogP contribution in [-0.4, -0.2) is 47.4 Å². The second kappa shape index (κ2) is 10.4. The van der Waals surface area contributed by atoms with Crippen molar-refractivity contribution in [3.8, 4) is 12.3 Å². The number of carbonyl (C=O) groups excluding carboxylic acids is 2. The lowest BCUT2D eigenvalue weighted by atomic mass is 9.94. The molecule has 1 aromatic carbocycles. The van der Waals surface area contributed by atoms with E-state index in [1.54, 1.807) is 42.4 Å². The fourth-order valence-electron chi connectivity index (χ4n) is 3.75. The molecule has 3 rings (SSSR count). The molecule has 2 amide bonds. The summed E-state index contributed by atoms with van der Waals surface area (Å²) in [5, 5.41) is 5.48. The first-order valence-corrected chi connectivity index (χ1v) is 11.2. The van der Waals surface area contributed by atoms with E-state index in [9.17, 15) is 9.59 Å². The van der Waals surface area contributed by atoms with Gasteiger partial charge in [0.25, 0.3) is 0 Å². The van der Waals surface area contributed by atoms with E-state index in [2.05, 4.69) is 16.2 Å². The number of nitrogens with one attached hydrogen (secondary N) is 1. The second-order valence-corrected chi connectivity index (χ2v) is 8.55. The average Bonchev–Trinajstić information content (AvgIpc) is 3.28. The van der Waals surface area contributed by atoms with Gasteiger partial charge in [-0.05, 0) is 45.0 Å². The van der Waals surface area contributed by atoms with Crippen LogP contribution in [0.3, 0.4) is 0 Å². The van der Waals surface area contributed by atoms with Gasteiger partial charge in [-0.25, -0.2) is 4.98 Å². The maximum atomic E-state index is 13.4. The molecule has 1 fully saturated rings. The Balaban J connectivity index is 1.65. The Hall–Kier alpha value is -2.69. The van der Waals surface area contributed by atoms with E-state index in [0.29, 0.717) is 11.3 Å². The van der Waals surface area contributed by atoms with Crippen LogP contribution in [0.25, 0.3) is 0 Å². The molecule has 1 N–H and O–H groups in total. The maximum Gasteiger partial charge on any atom is 0.246 e. The number of hydrogen-bond donors (Lipinski definition) is 1. The van der Waals surface area contributed by atoms with Crippen LogP contribution < -0.4 is 10.2 Å². The predicted molar refractivity (Wildman–Crippen MR) is 122 cm³/mol. The topological polar surface area (TPSA) is 65.5 Å². The van der Waals surface area contributed by atoms with Crippen LogP contribution in [0, 0.1) is 12.3 Å². The van der Waals surface area contributed by atoms with Gasteiger partial charge in [0.1, 0.15) is 0 Å². The van der Waals surface area contributed by atoms with Crippen LogP contribution in [0.5, 0.6) is 0 Å². The molecule has 0 saturated heterocycles. The lowest BCUT2D eigenvalue weighted by Crippen LogP contribution is -2.51. The van der Waals surface area contributed by atoms with Gasteiger partial charge in [0.05, 0.1) is 12.6 Å². The monoisotopic (exact) mass is 424 g/mol. The fourth-order valence-corrected chi connectivity index (χ4v) is 4.46. The van der Waals surface area contributed by atoms with Gasteiger partial charge in [0, 0.05) is 28.9 Å². The smallest absolute Gasteiger partial charge is 0.246 e. The average molecular weight is 425 g/mol. The molecular weight excluding hydrogens is 396 g/mol. The summed E-state index contributed by atoms with van der Waals surface area (Å²) in [5.41, 5.74) is 1.35. The third-order valence-corrected chi connectivity index (χ3v) is 6.30. The molecule has 1 aliphatic rings. The van der Waals surface area contributed by atoms with Crippen molar-refractivity contribution in [1.82, 2.24) is 9.88 Å². The minimum atomic E-state index is -0.446. The molecule has 158 valence electrons. The van der Waals surface area contributed by atoms with Crippen molar-refractivity contribution in [2.45, 2.75) is 51.1 Å². The van der Waals surface area contributed by atoms with E-state index in [4.69, 9.17) is 6.42 Å². The molecule has 1 aromatic heterocycles. The van der Waals surface area contributed by atoms with Crippen molar-refractivity contribution >= 4 is 34.0 Å². The number of thiazole rings is 1. The maximum absolute atomic E-state index is 13.4. The molecule has 1 unspecified atom stereocenters. The van der Waals surface area contributed by atoms with E-state index in [1.165, 1.54) is 17.8 Å². The van der Waals surface area contributed by atoms with Gasteiger partial charge in [0.2, 0.25) is 11.8 Å². The Bertz CT molecular complexity index is 900. The Morgan fingerprint density at radius 2 is 2.10 bits per heavy atom. The van der Waals surface area contributed by atoms with Crippen molar-refractivity contribution in [2.75, 3.05) is 23.8 Å². The number of rotatable bonds is 7. The van der Waals surface area contributed by atoms with Gasteiger partial charge in [-0.2, -0.15) is 0 Å². The van der Waals surface area contributed by atoms with Crippen LogP contribution in [0.4, 0.5) is 10.8 Å². The molecule has 0 spiro atoms. The zero-order chi connectivity index (χ0) is 21.5. The lowest BCUT2D eigenvalue weighted by Gasteiger charge is -2.36. The second-order valence-electron chi connectivity index (χ2n) is 7.68. The van der Waals surface area contributed by atoms with Crippen molar-refractivity contribution in [1.29, 1.82) is 0 Å². The Morgan fingerprint density at radius 1 is 1.33 bits per heavy atom. The molecular formula is C23H28N4O2S. The zero-order valence-electron chi connectivity index (χ0n) is 17.5. The number of amides is 2. The SMILES string of the molecule is C#Cc1cccc(NC(=O)CN(C)C(C)C(=O)N(c2nccs2)C2CCCCC2)c1. The Labute approximate surface area is 182 Å². The molecule has 7 heteroatoms. The number of hydrogen-bond acceptors (Lipinski definition) is 5. The Kier molecular flexibility index (Phi) is 7.61. The molecule has 30 heavy (non-hydrogen) atoms. The van der Waals surface area contributed by atoms with Crippen LogP contribution in [0.1, 0.15) is 44.6 Å². The van der Waals surface area contributed by atoms with Crippen molar-refractivity contribution < 1.29 is 9.59 Å². The van der Waals surface area contributed by atoms with Crippen molar-refractivity contribution in [2.24, 2.45) is 0 Å². The normalized spacial score (nSPS) is 15.4. The quantitative estimate of drug-likeness (QED) is 0.688. The molecule has 6 nitrogen and oxygen atoms in total. The summed E-state index contributed by atoms with van der Waals surface area (Å²) in [5.74, 6) is 2.35. The van der Waals surface area contributed by atoms with Crippen molar-refractivity contribution in [3.63, 3.8) is 0 Å². The molecule has 1 aliphatic carbocycles. The summed E-state index contributed by atoms with van der Waals surface area (Å²) >= 11 is 1.48.